The van der Waals surface area contributed by atoms with Gasteiger partial charge in [-0.1, -0.05) is 54.6 Å². The van der Waals surface area contributed by atoms with Gasteiger partial charge in [-0.3, -0.25) is 9.48 Å². The Kier molecular flexibility index (Phi) is 3.86. The number of carbonyl (C=O) groups excluding carboxylic acids is 1. The van der Waals surface area contributed by atoms with E-state index in [9.17, 15) is 9.90 Å². The quantitative estimate of drug-likeness (QED) is 0.774. The second-order valence-corrected chi connectivity index (χ2v) is 6.32. The normalized spacial score (nSPS) is 18.8. The number of aliphatic hydroxyl groups excluding tert-OH is 1. The second-order valence-electron chi connectivity index (χ2n) is 6.32. The molecule has 3 aromatic rings. The van der Waals surface area contributed by atoms with E-state index in [1.54, 1.807) is 10.9 Å². The number of nitrogens with zero attached hydrogens (tertiary/aromatic N) is 2. The van der Waals surface area contributed by atoms with Gasteiger partial charge in [0.05, 0.1) is 29.6 Å². The number of nitrogens with one attached hydrogen (secondary N) is 1. The third-order valence-corrected chi connectivity index (χ3v) is 4.72. The molecule has 1 amide bonds. The van der Waals surface area contributed by atoms with Crippen LogP contribution in [0.4, 0.5) is 0 Å². The Hall–Kier alpha value is -2.92. The van der Waals surface area contributed by atoms with Crippen molar-refractivity contribution in [2.75, 3.05) is 0 Å². The smallest absolute Gasteiger partial charge is 0.255 e. The van der Waals surface area contributed by atoms with Crippen LogP contribution in [-0.4, -0.2) is 26.9 Å². The van der Waals surface area contributed by atoms with Gasteiger partial charge < -0.3 is 10.4 Å². The summed E-state index contributed by atoms with van der Waals surface area (Å²) < 4.78 is 1.70. The van der Waals surface area contributed by atoms with Crippen LogP contribution in [0.15, 0.2) is 60.8 Å². The lowest BCUT2D eigenvalue weighted by molar-refractivity contribution is 0.0859. The molecule has 1 heterocycles. The number of aryl methyl sites for hydroxylation is 1. The van der Waals surface area contributed by atoms with E-state index in [0.29, 0.717) is 12.0 Å². The molecule has 126 valence electrons. The Morgan fingerprint density at radius 3 is 2.68 bits per heavy atom. The van der Waals surface area contributed by atoms with Crippen molar-refractivity contribution in [1.82, 2.24) is 15.1 Å². The van der Waals surface area contributed by atoms with Crippen LogP contribution in [0.5, 0.6) is 0 Å². The zero-order chi connectivity index (χ0) is 17.4. The third kappa shape index (κ3) is 2.72. The van der Waals surface area contributed by atoms with Gasteiger partial charge in [0.1, 0.15) is 0 Å². The first kappa shape index (κ1) is 15.6. The molecule has 2 aromatic carbocycles. The SMILES string of the molecule is Cn1ncc(C(=O)N[C@@H]2c3ccccc3C[C@@H]2O)c1-c1ccccc1. The number of carbonyl (C=O) groups is 1. The van der Waals surface area contributed by atoms with Crippen molar-refractivity contribution in [1.29, 1.82) is 0 Å². The molecule has 0 unspecified atom stereocenters. The number of aromatic nitrogens is 2. The minimum Gasteiger partial charge on any atom is -0.390 e. The van der Waals surface area contributed by atoms with Crippen LogP contribution in [0.25, 0.3) is 11.3 Å². The van der Waals surface area contributed by atoms with Crippen LogP contribution in [0, 0.1) is 0 Å². The van der Waals surface area contributed by atoms with Crippen LogP contribution in [0.3, 0.4) is 0 Å². The maximum Gasteiger partial charge on any atom is 0.255 e. The summed E-state index contributed by atoms with van der Waals surface area (Å²) in [6.45, 7) is 0. The number of fused-ring (bicyclic) bond motifs is 1. The Morgan fingerprint density at radius 1 is 1.16 bits per heavy atom. The summed E-state index contributed by atoms with van der Waals surface area (Å²) in [5, 5.41) is 17.6. The van der Waals surface area contributed by atoms with E-state index >= 15 is 0 Å². The summed E-state index contributed by atoms with van der Waals surface area (Å²) in [4.78, 5) is 12.9. The van der Waals surface area contributed by atoms with Crippen LogP contribution in [0.2, 0.25) is 0 Å². The average molecular weight is 333 g/mol. The first-order chi connectivity index (χ1) is 12.1. The van der Waals surface area contributed by atoms with Gasteiger partial charge in [-0.2, -0.15) is 5.10 Å². The molecule has 4 rings (SSSR count). The fraction of sp³-hybridized carbons (Fsp3) is 0.200. The zero-order valence-corrected chi connectivity index (χ0v) is 13.9. The zero-order valence-electron chi connectivity index (χ0n) is 13.9. The topological polar surface area (TPSA) is 67.2 Å². The summed E-state index contributed by atoms with van der Waals surface area (Å²) in [7, 11) is 1.82. The van der Waals surface area contributed by atoms with Gasteiger partial charge in [-0.15, -0.1) is 0 Å². The Morgan fingerprint density at radius 2 is 1.88 bits per heavy atom. The number of aliphatic hydroxyl groups is 1. The highest BCUT2D eigenvalue weighted by atomic mass is 16.3. The predicted octanol–water partition coefficient (Wildman–Crippen LogP) is 2.48. The van der Waals surface area contributed by atoms with Crippen molar-refractivity contribution in [3.05, 3.63) is 77.5 Å². The van der Waals surface area contributed by atoms with Gasteiger partial charge in [0, 0.05) is 19.0 Å². The molecule has 0 aliphatic heterocycles. The van der Waals surface area contributed by atoms with Gasteiger partial charge in [0.2, 0.25) is 0 Å². The number of amides is 1. The molecule has 0 saturated heterocycles. The summed E-state index contributed by atoms with van der Waals surface area (Å²) >= 11 is 0. The van der Waals surface area contributed by atoms with Crippen molar-refractivity contribution < 1.29 is 9.90 Å². The predicted molar refractivity (Wildman–Crippen MR) is 95.0 cm³/mol. The van der Waals surface area contributed by atoms with Crippen molar-refractivity contribution in [2.45, 2.75) is 18.6 Å². The molecule has 1 aliphatic rings. The molecular weight excluding hydrogens is 314 g/mol. The van der Waals surface area contributed by atoms with Crippen LogP contribution in [-0.2, 0) is 13.5 Å². The first-order valence-corrected chi connectivity index (χ1v) is 8.29. The number of benzene rings is 2. The van der Waals surface area contributed by atoms with Gasteiger partial charge >= 0.3 is 0 Å². The van der Waals surface area contributed by atoms with E-state index in [2.05, 4.69) is 10.4 Å². The Balaban J connectivity index is 1.65. The van der Waals surface area contributed by atoms with Crippen molar-refractivity contribution in [3.8, 4) is 11.3 Å². The molecule has 1 aliphatic carbocycles. The minimum absolute atomic E-state index is 0.229. The highest BCUT2D eigenvalue weighted by Crippen LogP contribution is 2.32. The molecular formula is C20H19N3O2. The molecule has 0 spiro atoms. The van der Waals surface area contributed by atoms with E-state index in [0.717, 1.165) is 22.4 Å². The first-order valence-electron chi connectivity index (χ1n) is 8.29. The van der Waals surface area contributed by atoms with Crippen LogP contribution >= 0.6 is 0 Å². The lowest BCUT2D eigenvalue weighted by Crippen LogP contribution is -2.34. The minimum atomic E-state index is -0.613. The molecule has 0 radical (unpaired) electrons. The van der Waals surface area contributed by atoms with Gasteiger partial charge in [-0.25, -0.2) is 0 Å². The van der Waals surface area contributed by atoms with E-state index in [1.807, 2.05) is 61.6 Å². The van der Waals surface area contributed by atoms with Crippen LogP contribution in [0.1, 0.15) is 27.5 Å². The highest BCUT2D eigenvalue weighted by Gasteiger charge is 2.32. The molecule has 0 bridgehead atoms. The fourth-order valence-electron chi connectivity index (χ4n) is 3.51. The van der Waals surface area contributed by atoms with Crippen molar-refractivity contribution in [3.63, 3.8) is 0 Å². The maximum absolute atomic E-state index is 12.9. The molecule has 2 N–H and O–H groups in total. The average Bonchev–Trinajstić information content (AvgIpc) is 3.16. The largest absolute Gasteiger partial charge is 0.390 e. The third-order valence-electron chi connectivity index (χ3n) is 4.72. The van der Waals surface area contributed by atoms with Crippen LogP contribution < -0.4 is 5.32 Å². The molecule has 2 atom stereocenters. The maximum atomic E-state index is 12.9. The Labute approximate surface area is 145 Å². The lowest BCUT2D eigenvalue weighted by Gasteiger charge is -2.18. The van der Waals surface area contributed by atoms with Gasteiger partial charge in [0.15, 0.2) is 0 Å². The summed E-state index contributed by atoms with van der Waals surface area (Å²) in [6.07, 6.45) is 1.52. The molecule has 1 aromatic heterocycles. The van der Waals surface area contributed by atoms with E-state index < -0.39 is 12.1 Å². The Bertz CT molecular complexity index is 918. The molecule has 5 nitrogen and oxygen atoms in total. The lowest BCUT2D eigenvalue weighted by atomic mass is 10.1. The number of hydrogen-bond acceptors (Lipinski definition) is 3. The van der Waals surface area contributed by atoms with E-state index in [1.165, 1.54) is 0 Å². The highest BCUT2D eigenvalue weighted by molar-refractivity contribution is 6.00. The summed E-state index contributed by atoms with van der Waals surface area (Å²) in [5.74, 6) is -0.229. The van der Waals surface area contributed by atoms with E-state index in [-0.39, 0.29) is 5.91 Å². The van der Waals surface area contributed by atoms with Crippen molar-refractivity contribution >= 4 is 5.91 Å². The van der Waals surface area contributed by atoms with E-state index in [4.69, 9.17) is 0 Å². The molecule has 25 heavy (non-hydrogen) atoms. The number of rotatable bonds is 3. The van der Waals surface area contributed by atoms with Gasteiger partial charge in [0.25, 0.3) is 5.91 Å². The second kappa shape index (κ2) is 6.18. The number of hydrogen-bond donors (Lipinski definition) is 2. The summed E-state index contributed by atoms with van der Waals surface area (Å²) in [5.41, 5.74) is 4.26. The van der Waals surface area contributed by atoms with Crippen molar-refractivity contribution in [2.24, 2.45) is 7.05 Å². The molecule has 0 fully saturated rings. The summed E-state index contributed by atoms with van der Waals surface area (Å²) in [6, 6.07) is 17.1. The standard InChI is InChI=1S/C20H19N3O2/c1-23-19(13-7-3-2-4-8-13)16(12-21-23)20(25)22-18-15-10-6-5-9-14(15)11-17(18)24/h2-10,12,17-18,24H,11H2,1H3,(H,22,25)/t17-,18+/m0/s1. The van der Waals surface area contributed by atoms with Gasteiger partial charge in [-0.05, 0) is 11.1 Å². The molecule has 0 saturated carbocycles. The molecule has 5 heteroatoms. The fourth-order valence-corrected chi connectivity index (χ4v) is 3.51. The monoisotopic (exact) mass is 333 g/mol.